The number of nitrogens with zero attached hydrogens (tertiary/aromatic N) is 5. The topological polar surface area (TPSA) is 125 Å². The molecule has 1 aliphatic rings. The summed E-state index contributed by atoms with van der Waals surface area (Å²) in [5, 5.41) is 10.0. The van der Waals surface area contributed by atoms with Crippen molar-refractivity contribution in [3.63, 3.8) is 0 Å². The Balaban J connectivity index is 1.30. The smallest absolute Gasteiger partial charge is 0.227 e. The number of halogens is 2. The summed E-state index contributed by atoms with van der Waals surface area (Å²) in [5.41, 5.74) is 3.28. The van der Waals surface area contributed by atoms with Gasteiger partial charge in [0.25, 0.3) is 0 Å². The van der Waals surface area contributed by atoms with Crippen molar-refractivity contribution >= 4 is 33.7 Å². The van der Waals surface area contributed by atoms with E-state index in [1.165, 1.54) is 24.7 Å². The predicted molar refractivity (Wildman–Crippen MR) is 141 cm³/mol. The van der Waals surface area contributed by atoms with Gasteiger partial charge < -0.3 is 10.3 Å². The van der Waals surface area contributed by atoms with Crippen molar-refractivity contribution in [1.82, 2.24) is 35.1 Å². The second-order valence-electron chi connectivity index (χ2n) is 9.48. The van der Waals surface area contributed by atoms with Crippen LogP contribution < -0.4 is 5.32 Å². The van der Waals surface area contributed by atoms with Gasteiger partial charge in [0.15, 0.2) is 11.5 Å². The molecular formula is C28H20F2N8O. The molecule has 39 heavy (non-hydrogen) atoms. The maximum Gasteiger partial charge on any atom is 0.227 e. The van der Waals surface area contributed by atoms with Gasteiger partial charge in [0, 0.05) is 41.2 Å². The van der Waals surface area contributed by atoms with Crippen molar-refractivity contribution in [2.45, 2.75) is 19.3 Å². The number of fused-ring (bicyclic) bond motifs is 2. The van der Waals surface area contributed by atoms with Crippen LogP contribution in [-0.2, 0) is 4.79 Å². The number of hydrogen-bond donors (Lipinski definition) is 3. The lowest BCUT2D eigenvalue weighted by molar-refractivity contribution is -0.122. The average molecular weight is 523 g/mol. The number of H-pyrrole nitrogens is 2. The van der Waals surface area contributed by atoms with Crippen LogP contribution in [0.2, 0.25) is 0 Å². The standard InChI is InChI=1S/C28H20F2N8O/c29-19-7-2-1-6-17(19)23-24-20(8-9-32-23)35-27(36-24)25-21-22(30)18(13-33-26(21)38-37-25)15-10-16(12-31-11-15)34-28(39)14-4-3-5-14/h1-2,6-14H,3-5H2,(H,34,39)(H,35,36)(H,33,37,38). The molecule has 3 N–H and O–H groups in total. The molecule has 9 nitrogen and oxygen atoms in total. The summed E-state index contributed by atoms with van der Waals surface area (Å²) in [6, 6.07) is 9.69. The lowest BCUT2D eigenvalue weighted by Gasteiger charge is -2.24. The summed E-state index contributed by atoms with van der Waals surface area (Å²) in [6.45, 7) is 0. The first-order chi connectivity index (χ1) is 19.1. The number of rotatable bonds is 5. The Labute approximate surface area is 219 Å². The van der Waals surface area contributed by atoms with E-state index >= 15 is 4.39 Å². The quantitative estimate of drug-likeness (QED) is 0.269. The number of nitrogens with one attached hydrogen (secondary N) is 3. The van der Waals surface area contributed by atoms with Crippen molar-refractivity contribution in [2.24, 2.45) is 5.92 Å². The molecule has 6 aromatic rings. The first-order valence-corrected chi connectivity index (χ1v) is 12.5. The molecular weight excluding hydrogens is 502 g/mol. The summed E-state index contributed by atoms with van der Waals surface area (Å²) < 4.78 is 30.6. The van der Waals surface area contributed by atoms with Crippen molar-refractivity contribution in [3.05, 3.63) is 72.8 Å². The molecule has 7 rings (SSSR count). The third kappa shape index (κ3) is 3.90. The Hall–Kier alpha value is -5.06. The third-order valence-corrected chi connectivity index (χ3v) is 7.07. The van der Waals surface area contributed by atoms with Gasteiger partial charge in [0.1, 0.15) is 28.5 Å². The highest BCUT2D eigenvalue weighted by molar-refractivity contribution is 5.97. The maximum absolute atomic E-state index is 16.1. The average Bonchev–Trinajstić information content (AvgIpc) is 3.53. The van der Waals surface area contributed by atoms with Gasteiger partial charge in [-0.3, -0.25) is 19.9 Å². The molecule has 11 heteroatoms. The van der Waals surface area contributed by atoms with Crippen molar-refractivity contribution in [2.75, 3.05) is 5.32 Å². The van der Waals surface area contributed by atoms with E-state index in [-0.39, 0.29) is 39.9 Å². The van der Waals surface area contributed by atoms with Gasteiger partial charge >= 0.3 is 0 Å². The monoisotopic (exact) mass is 522 g/mol. The van der Waals surface area contributed by atoms with Gasteiger partial charge in [-0.25, -0.2) is 18.7 Å². The van der Waals surface area contributed by atoms with Crippen molar-refractivity contribution in [1.29, 1.82) is 0 Å². The number of aromatic nitrogens is 7. The summed E-state index contributed by atoms with van der Waals surface area (Å²) in [7, 11) is 0. The van der Waals surface area contributed by atoms with E-state index in [4.69, 9.17) is 0 Å². The van der Waals surface area contributed by atoms with Crippen LogP contribution in [0.5, 0.6) is 0 Å². The van der Waals surface area contributed by atoms with Crippen LogP contribution in [0, 0.1) is 17.6 Å². The van der Waals surface area contributed by atoms with E-state index in [0.717, 1.165) is 19.3 Å². The highest BCUT2D eigenvalue weighted by Gasteiger charge is 2.26. The normalized spacial score (nSPS) is 13.6. The molecule has 1 amide bonds. The van der Waals surface area contributed by atoms with Crippen LogP contribution in [-0.4, -0.2) is 41.0 Å². The van der Waals surface area contributed by atoms with E-state index in [2.05, 4.69) is 40.4 Å². The van der Waals surface area contributed by atoms with Crippen LogP contribution in [0.3, 0.4) is 0 Å². The van der Waals surface area contributed by atoms with E-state index in [1.54, 1.807) is 36.5 Å². The van der Waals surface area contributed by atoms with Gasteiger partial charge in [0.2, 0.25) is 5.91 Å². The molecule has 1 fully saturated rings. The number of benzene rings is 1. The molecule has 0 saturated heterocycles. The minimum Gasteiger partial charge on any atom is -0.336 e. The van der Waals surface area contributed by atoms with Crippen LogP contribution in [0.15, 0.2) is 61.2 Å². The van der Waals surface area contributed by atoms with Gasteiger partial charge in [-0.15, -0.1) is 0 Å². The third-order valence-electron chi connectivity index (χ3n) is 7.07. The minimum atomic E-state index is -0.569. The highest BCUT2D eigenvalue weighted by Crippen LogP contribution is 2.35. The summed E-state index contributed by atoms with van der Waals surface area (Å²) in [4.78, 5) is 33.0. The Morgan fingerprint density at radius 3 is 2.69 bits per heavy atom. The van der Waals surface area contributed by atoms with E-state index in [0.29, 0.717) is 33.5 Å². The van der Waals surface area contributed by atoms with Gasteiger partial charge in [-0.1, -0.05) is 18.6 Å². The Bertz CT molecular complexity index is 1890. The molecule has 5 heterocycles. The number of amides is 1. The zero-order valence-corrected chi connectivity index (χ0v) is 20.4. The van der Waals surface area contributed by atoms with E-state index in [1.807, 2.05) is 0 Å². The van der Waals surface area contributed by atoms with E-state index < -0.39 is 11.6 Å². The number of carbonyl (C=O) groups is 1. The molecule has 0 aliphatic heterocycles. The zero-order valence-electron chi connectivity index (χ0n) is 20.4. The molecule has 1 aromatic carbocycles. The summed E-state index contributed by atoms with van der Waals surface area (Å²) in [5.74, 6) is -0.762. The summed E-state index contributed by atoms with van der Waals surface area (Å²) >= 11 is 0. The molecule has 0 spiro atoms. The number of anilines is 1. The Morgan fingerprint density at radius 2 is 1.87 bits per heavy atom. The number of carbonyl (C=O) groups excluding carboxylic acids is 1. The number of imidazole rings is 1. The second kappa shape index (κ2) is 9.05. The highest BCUT2D eigenvalue weighted by atomic mass is 19.1. The van der Waals surface area contributed by atoms with Crippen LogP contribution in [0.4, 0.5) is 14.5 Å². The maximum atomic E-state index is 16.1. The molecule has 1 aliphatic carbocycles. The Morgan fingerprint density at radius 1 is 1.00 bits per heavy atom. The minimum absolute atomic E-state index is 0.00908. The SMILES string of the molecule is O=C(Nc1cncc(-c2cnc3[nH]nc(-c4nc5c(-c6ccccc6F)nccc5[nH]4)c3c2F)c1)C1CCC1. The first kappa shape index (κ1) is 23.1. The fraction of sp³-hybridized carbons (Fsp3) is 0.143. The van der Waals surface area contributed by atoms with Crippen molar-refractivity contribution in [3.8, 4) is 33.9 Å². The summed E-state index contributed by atoms with van der Waals surface area (Å²) in [6.07, 6.45) is 8.79. The van der Waals surface area contributed by atoms with Crippen LogP contribution >= 0.6 is 0 Å². The van der Waals surface area contributed by atoms with E-state index in [9.17, 15) is 9.18 Å². The molecule has 0 bridgehead atoms. The lowest BCUT2D eigenvalue weighted by atomic mass is 9.85. The molecule has 192 valence electrons. The fourth-order valence-electron chi connectivity index (χ4n) is 4.80. The number of hydrogen-bond acceptors (Lipinski definition) is 6. The van der Waals surface area contributed by atoms with Gasteiger partial charge in [0.05, 0.1) is 22.8 Å². The lowest BCUT2D eigenvalue weighted by Crippen LogP contribution is -2.28. The van der Waals surface area contributed by atoms with Crippen molar-refractivity contribution < 1.29 is 13.6 Å². The molecule has 0 radical (unpaired) electrons. The van der Waals surface area contributed by atoms with Gasteiger partial charge in [-0.2, -0.15) is 5.10 Å². The largest absolute Gasteiger partial charge is 0.336 e. The predicted octanol–water partition coefficient (Wildman–Crippen LogP) is 5.64. The fourth-order valence-corrected chi connectivity index (χ4v) is 4.80. The number of pyridine rings is 3. The van der Waals surface area contributed by atoms with Gasteiger partial charge in [-0.05, 0) is 37.1 Å². The molecule has 1 saturated carbocycles. The number of aromatic amines is 2. The Kier molecular flexibility index (Phi) is 5.36. The zero-order chi connectivity index (χ0) is 26.5. The first-order valence-electron chi connectivity index (χ1n) is 12.5. The molecule has 5 aromatic heterocycles. The molecule has 0 atom stereocenters. The molecule has 0 unspecified atom stereocenters. The second-order valence-corrected chi connectivity index (χ2v) is 9.48. The van der Waals surface area contributed by atoms with Crippen LogP contribution in [0.1, 0.15) is 19.3 Å². The van der Waals surface area contributed by atoms with Crippen LogP contribution in [0.25, 0.3) is 56.0 Å².